The van der Waals surface area contributed by atoms with Crippen LogP contribution in [0.5, 0.6) is 0 Å². The molecule has 4 nitrogen and oxygen atoms in total. The van der Waals surface area contributed by atoms with Gasteiger partial charge in [0.15, 0.2) is 0 Å². The topological polar surface area (TPSA) is 55.4 Å². The van der Waals surface area contributed by atoms with Gasteiger partial charge in [0.1, 0.15) is 0 Å². The number of hydrogen-bond donors (Lipinski definition) is 1. The van der Waals surface area contributed by atoms with Gasteiger partial charge in [-0.05, 0) is 46.4 Å². The van der Waals surface area contributed by atoms with Crippen LogP contribution in [0.15, 0.2) is 120 Å². The maximum absolute atomic E-state index is 13.0. The zero-order chi connectivity index (χ0) is 24.9. The minimum Gasteiger partial charge on any atom is -0.462 e. The van der Waals surface area contributed by atoms with Gasteiger partial charge in [0.05, 0.1) is 23.5 Å². The number of amides is 1. The van der Waals surface area contributed by atoms with Gasteiger partial charge in [-0.1, -0.05) is 109 Å². The standard InChI is InChI=1S/C32H25NO3/c1-2-36-32(35)29-28(21-22-13-15-25(16-14-22)23-9-5-3-6-10-23)31(34)33-30(29)27-19-17-26(18-20-27)24-11-7-4-8-12-24/h3-21H,2H2,1H3,(H,33,34)/b28-21-. The first-order chi connectivity index (χ1) is 17.6. The predicted molar refractivity (Wildman–Crippen MR) is 143 cm³/mol. The SMILES string of the molecule is CCOC(=O)C1=C(c2ccc(-c3ccccc3)cc2)NC(=O)/C1=C\c1ccc(-c2ccccc2)cc1. The van der Waals surface area contributed by atoms with Crippen molar-refractivity contribution in [2.45, 2.75) is 6.92 Å². The molecule has 4 aromatic rings. The van der Waals surface area contributed by atoms with Gasteiger partial charge in [0.25, 0.3) is 5.91 Å². The summed E-state index contributed by atoms with van der Waals surface area (Å²) in [5, 5.41) is 2.90. The highest BCUT2D eigenvalue weighted by atomic mass is 16.5. The molecule has 0 spiro atoms. The van der Waals surface area contributed by atoms with Crippen molar-refractivity contribution in [2.75, 3.05) is 6.61 Å². The summed E-state index contributed by atoms with van der Waals surface area (Å²) in [6.07, 6.45) is 1.74. The Morgan fingerprint density at radius 3 is 1.69 bits per heavy atom. The maximum Gasteiger partial charge on any atom is 0.341 e. The van der Waals surface area contributed by atoms with Crippen molar-refractivity contribution < 1.29 is 14.3 Å². The third kappa shape index (κ3) is 4.75. The molecule has 1 aliphatic rings. The van der Waals surface area contributed by atoms with Gasteiger partial charge in [-0.25, -0.2) is 4.79 Å². The minimum atomic E-state index is -0.523. The summed E-state index contributed by atoms with van der Waals surface area (Å²) in [7, 11) is 0. The Labute approximate surface area is 210 Å². The highest BCUT2D eigenvalue weighted by molar-refractivity contribution is 6.23. The van der Waals surface area contributed by atoms with E-state index in [-0.39, 0.29) is 18.1 Å². The molecule has 0 bridgehead atoms. The van der Waals surface area contributed by atoms with Crippen LogP contribution < -0.4 is 5.32 Å². The van der Waals surface area contributed by atoms with Gasteiger partial charge in [0, 0.05) is 0 Å². The summed E-state index contributed by atoms with van der Waals surface area (Å²) < 4.78 is 5.33. The van der Waals surface area contributed by atoms with E-state index in [1.807, 2.05) is 97.1 Å². The first-order valence-corrected chi connectivity index (χ1v) is 11.9. The fourth-order valence-corrected chi connectivity index (χ4v) is 4.29. The third-order valence-corrected chi connectivity index (χ3v) is 6.09. The molecule has 4 heteroatoms. The van der Waals surface area contributed by atoms with E-state index in [4.69, 9.17) is 4.74 Å². The molecule has 0 unspecified atom stereocenters. The van der Waals surface area contributed by atoms with Crippen molar-refractivity contribution in [2.24, 2.45) is 0 Å². The number of ether oxygens (including phenoxy) is 1. The number of esters is 1. The predicted octanol–water partition coefficient (Wildman–Crippen LogP) is 6.51. The molecule has 0 saturated carbocycles. The number of rotatable bonds is 6. The summed E-state index contributed by atoms with van der Waals surface area (Å²) in [6.45, 7) is 1.97. The van der Waals surface area contributed by atoms with Crippen LogP contribution in [-0.2, 0) is 14.3 Å². The number of carbonyl (C=O) groups is 2. The molecule has 5 rings (SSSR count). The Bertz CT molecular complexity index is 1450. The molecule has 1 N–H and O–H groups in total. The largest absolute Gasteiger partial charge is 0.462 e. The lowest BCUT2D eigenvalue weighted by Gasteiger charge is -2.09. The Balaban J connectivity index is 1.51. The van der Waals surface area contributed by atoms with E-state index >= 15 is 0 Å². The van der Waals surface area contributed by atoms with Crippen molar-refractivity contribution in [3.8, 4) is 22.3 Å². The molecular weight excluding hydrogens is 446 g/mol. The Kier molecular flexibility index (Phi) is 6.59. The summed E-state index contributed by atoms with van der Waals surface area (Å²) >= 11 is 0. The van der Waals surface area contributed by atoms with Gasteiger partial charge in [-0.3, -0.25) is 4.79 Å². The van der Waals surface area contributed by atoms with E-state index in [0.29, 0.717) is 11.3 Å². The molecule has 4 aromatic carbocycles. The normalized spacial score (nSPS) is 14.1. The molecule has 0 aliphatic carbocycles. The fraction of sp³-hybridized carbons (Fsp3) is 0.0625. The number of benzene rings is 4. The molecule has 176 valence electrons. The lowest BCUT2D eigenvalue weighted by Crippen LogP contribution is -2.15. The average Bonchev–Trinajstić information content (AvgIpc) is 3.26. The highest BCUT2D eigenvalue weighted by Gasteiger charge is 2.33. The number of carbonyl (C=O) groups excluding carboxylic acids is 2. The Morgan fingerprint density at radius 1 is 0.694 bits per heavy atom. The van der Waals surface area contributed by atoms with E-state index in [9.17, 15) is 9.59 Å². The summed E-state index contributed by atoms with van der Waals surface area (Å²) in [4.78, 5) is 26.0. The van der Waals surface area contributed by atoms with Gasteiger partial charge in [-0.15, -0.1) is 0 Å². The van der Waals surface area contributed by atoms with Crippen molar-refractivity contribution in [1.82, 2.24) is 5.32 Å². The van der Waals surface area contributed by atoms with Gasteiger partial charge >= 0.3 is 5.97 Å². The summed E-state index contributed by atoms with van der Waals surface area (Å²) in [5.41, 5.74) is 6.92. The lowest BCUT2D eigenvalue weighted by atomic mass is 9.98. The molecule has 0 saturated heterocycles. The van der Waals surface area contributed by atoms with Crippen LogP contribution in [-0.4, -0.2) is 18.5 Å². The summed E-state index contributed by atoms with van der Waals surface area (Å²) in [5.74, 6) is -0.850. The molecular formula is C32H25NO3. The van der Waals surface area contributed by atoms with Crippen molar-refractivity contribution in [3.63, 3.8) is 0 Å². The van der Waals surface area contributed by atoms with Crippen LogP contribution in [0, 0.1) is 0 Å². The highest BCUT2D eigenvalue weighted by Crippen LogP contribution is 2.32. The first-order valence-electron chi connectivity index (χ1n) is 11.9. The number of hydrogen-bond acceptors (Lipinski definition) is 3. The second-order valence-corrected chi connectivity index (χ2v) is 8.41. The fourth-order valence-electron chi connectivity index (χ4n) is 4.29. The quantitative estimate of drug-likeness (QED) is 0.258. The third-order valence-electron chi connectivity index (χ3n) is 6.09. The minimum absolute atomic E-state index is 0.218. The van der Waals surface area contributed by atoms with Crippen LogP contribution >= 0.6 is 0 Å². The van der Waals surface area contributed by atoms with Crippen molar-refractivity contribution in [3.05, 3.63) is 131 Å². The molecule has 0 fully saturated rings. The van der Waals surface area contributed by atoms with E-state index in [2.05, 4.69) is 17.4 Å². The van der Waals surface area contributed by atoms with E-state index in [1.54, 1.807) is 13.0 Å². The van der Waals surface area contributed by atoms with Crippen LogP contribution in [0.1, 0.15) is 18.1 Å². The molecule has 1 aliphatic heterocycles. The maximum atomic E-state index is 13.0. The molecule has 1 heterocycles. The van der Waals surface area contributed by atoms with E-state index in [0.717, 1.165) is 33.4 Å². The second kappa shape index (κ2) is 10.3. The van der Waals surface area contributed by atoms with Crippen LogP contribution in [0.3, 0.4) is 0 Å². The van der Waals surface area contributed by atoms with E-state index in [1.165, 1.54) is 0 Å². The van der Waals surface area contributed by atoms with Crippen molar-refractivity contribution in [1.29, 1.82) is 0 Å². The first kappa shape index (κ1) is 23.1. The van der Waals surface area contributed by atoms with Crippen LogP contribution in [0.4, 0.5) is 0 Å². The Hall–Kier alpha value is -4.70. The van der Waals surface area contributed by atoms with Gasteiger partial charge in [-0.2, -0.15) is 0 Å². The molecule has 36 heavy (non-hydrogen) atoms. The summed E-state index contributed by atoms with van der Waals surface area (Å²) in [6, 6.07) is 35.8. The molecule has 0 aromatic heterocycles. The van der Waals surface area contributed by atoms with Crippen LogP contribution in [0.2, 0.25) is 0 Å². The Morgan fingerprint density at radius 2 is 1.17 bits per heavy atom. The number of nitrogens with one attached hydrogen (secondary N) is 1. The second-order valence-electron chi connectivity index (χ2n) is 8.41. The lowest BCUT2D eigenvalue weighted by molar-refractivity contribution is -0.138. The zero-order valence-corrected chi connectivity index (χ0v) is 19.9. The molecule has 0 atom stereocenters. The smallest absolute Gasteiger partial charge is 0.341 e. The van der Waals surface area contributed by atoms with Crippen molar-refractivity contribution >= 4 is 23.6 Å². The van der Waals surface area contributed by atoms with Crippen LogP contribution in [0.25, 0.3) is 34.0 Å². The van der Waals surface area contributed by atoms with Gasteiger partial charge < -0.3 is 10.1 Å². The van der Waals surface area contributed by atoms with E-state index < -0.39 is 5.97 Å². The molecule has 1 amide bonds. The van der Waals surface area contributed by atoms with Gasteiger partial charge in [0.2, 0.25) is 0 Å². The monoisotopic (exact) mass is 471 g/mol. The zero-order valence-electron chi connectivity index (χ0n) is 19.9. The molecule has 0 radical (unpaired) electrons. The average molecular weight is 472 g/mol.